The maximum atomic E-state index is 13.0. The molecule has 0 unspecified atom stereocenters. The van der Waals surface area contributed by atoms with Gasteiger partial charge in [-0.05, 0) is 43.2 Å². The third kappa shape index (κ3) is 2.12. The largest absolute Gasteiger partial charge is 0.491 e. The molecule has 0 spiro atoms. The molecule has 2 bridgehead atoms. The molecule has 1 aromatic carbocycles. The SMILES string of the molecule is CCCOc1ccccc1N1C(=O)[C@@H]2[C@H](C1=O)[C@H]1C=C[C@H]2CC1. The highest BCUT2D eigenvalue weighted by Gasteiger charge is 2.57. The van der Waals surface area contributed by atoms with Crippen LogP contribution in [0.5, 0.6) is 5.75 Å². The van der Waals surface area contributed by atoms with Gasteiger partial charge in [0.15, 0.2) is 0 Å². The van der Waals surface area contributed by atoms with E-state index in [9.17, 15) is 9.59 Å². The summed E-state index contributed by atoms with van der Waals surface area (Å²) in [5, 5.41) is 0. The Hall–Kier alpha value is -2.10. The lowest BCUT2D eigenvalue weighted by molar-refractivity contribution is -0.124. The van der Waals surface area contributed by atoms with Crippen LogP contribution in [0.15, 0.2) is 36.4 Å². The van der Waals surface area contributed by atoms with Gasteiger partial charge in [-0.15, -0.1) is 0 Å². The maximum Gasteiger partial charge on any atom is 0.238 e. The highest BCUT2D eigenvalue weighted by Crippen LogP contribution is 2.51. The number of fused-ring (bicyclic) bond motifs is 1. The zero-order valence-corrected chi connectivity index (χ0v) is 13.3. The molecule has 1 aliphatic heterocycles. The van der Waals surface area contributed by atoms with Crippen molar-refractivity contribution in [2.24, 2.45) is 23.7 Å². The number of ether oxygens (including phenoxy) is 1. The van der Waals surface area contributed by atoms with Gasteiger partial charge >= 0.3 is 0 Å². The fourth-order valence-corrected chi connectivity index (χ4v) is 4.29. The first-order valence-electron chi connectivity index (χ1n) is 8.50. The van der Waals surface area contributed by atoms with Gasteiger partial charge in [0, 0.05) is 0 Å². The number of hydrogen-bond acceptors (Lipinski definition) is 3. The molecule has 120 valence electrons. The molecule has 0 N–H and O–H groups in total. The molecule has 4 aliphatic rings. The van der Waals surface area contributed by atoms with E-state index in [1.807, 2.05) is 31.2 Å². The van der Waals surface area contributed by atoms with Crippen molar-refractivity contribution >= 4 is 17.5 Å². The molecule has 1 saturated carbocycles. The Labute approximate surface area is 136 Å². The maximum absolute atomic E-state index is 13.0. The van der Waals surface area contributed by atoms with Crippen molar-refractivity contribution in [2.45, 2.75) is 26.2 Å². The molecule has 4 nitrogen and oxygen atoms in total. The molecule has 4 heteroatoms. The second kappa shape index (κ2) is 5.52. The van der Waals surface area contributed by atoms with Crippen molar-refractivity contribution in [3.63, 3.8) is 0 Å². The molecule has 23 heavy (non-hydrogen) atoms. The summed E-state index contributed by atoms with van der Waals surface area (Å²) in [5.74, 6) is 0.606. The fraction of sp³-hybridized carbons (Fsp3) is 0.474. The van der Waals surface area contributed by atoms with Crippen LogP contribution < -0.4 is 9.64 Å². The molecule has 0 radical (unpaired) electrons. The van der Waals surface area contributed by atoms with Gasteiger partial charge in [0.25, 0.3) is 0 Å². The molecule has 2 fully saturated rings. The molecule has 1 saturated heterocycles. The Morgan fingerprint density at radius 2 is 1.65 bits per heavy atom. The molecular weight excluding hydrogens is 290 g/mol. The van der Waals surface area contributed by atoms with Crippen molar-refractivity contribution in [3.8, 4) is 5.75 Å². The van der Waals surface area contributed by atoms with Crippen molar-refractivity contribution in [1.82, 2.24) is 0 Å². The van der Waals surface area contributed by atoms with E-state index < -0.39 is 0 Å². The Morgan fingerprint density at radius 3 is 2.22 bits per heavy atom. The first kappa shape index (κ1) is 14.5. The highest BCUT2D eigenvalue weighted by molar-refractivity contribution is 6.23. The molecule has 4 atom stereocenters. The van der Waals surface area contributed by atoms with Crippen LogP contribution in [0.4, 0.5) is 5.69 Å². The first-order chi connectivity index (χ1) is 11.2. The van der Waals surface area contributed by atoms with Gasteiger partial charge in [0.2, 0.25) is 11.8 Å². The molecule has 1 heterocycles. The molecule has 5 rings (SSSR count). The van der Waals surface area contributed by atoms with Gasteiger partial charge in [-0.25, -0.2) is 4.90 Å². The number of anilines is 1. The third-order valence-corrected chi connectivity index (χ3v) is 5.33. The van der Waals surface area contributed by atoms with E-state index in [0.717, 1.165) is 19.3 Å². The molecule has 3 aliphatic carbocycles. The lowest BCUT2D eigenvalue weighted by Crippen LogP contribution is -2.38. The Bertz CT molecular complexity index is 649. The van der Waals surface area contributed by atoms with E-state index in [-0.39, 0.29) is 35.5 Å². The van der Waals surface area contributed by atoms with E-state index in [4.69, 9.17) is 4.74 Å². The summed E-state index contributed by atoms with van der Waals surface area (Å²) >= 11 is 0. The van der Waals surface area contributed by atoms with Crippen LogP contribution >= 0.6 is 0 Å². The van der Waals surface area contributed by atoms with Crippen LogP contribution in [0.25, 0.3) is 0 Å². The number of benzene rings is 1. The number of amides is 2. The van der Waals surface area contributed by atoms with Crippen LogP contribution in [0.1, 0.15) is 26.2 Å². The van der Waals surface area contributed by atoms with Crippen LogP contribution in [-0.4, -0.2) is 18.4 Å². The smallest absolute Gasteiger partial charge is 0.238 e. The van der Waals surface area contributed by atoms with Crippen molar-refractivity contribution in [3.05, 3.63) is 36.4 Å². The topological polar surface area (TPSA) is 46.6 Å². The number of hydrogen-bond donors (Lipinski definition) is 0. The van der Waals surface area contributed by atoms with Crippen molar-refractivity contribution in [1.29, 1.82) is 0 Å². The van der Waals surface area contributed by atoms with Crippen LogP contribution in [0, 0.1) is 23.7 Å². The van der Waals surface area contributed by atoms with Gasteiger partial charge in [-0.2, -0.15) is 0 Å². The summed E-state index contributed by atoms with van der Waals surface area (Å²) in [7, 11) is 0. The minimum atomic E-state index is -0.175. The second-order valence-corrected chi connectivity index (χ2v) is 6.67. The van der Waals surface area contributed by atoms with Gasteiger partial charge in [-0.1, -0.05) is 31.2 Å². The summed E-state index contributed by atoms with van der Waals surface area (Å²) in [6.07, 6.45) is 7.20. The van der Waals surface area contributed by atoms with Gasteiger partial charge in [0.1, 0.15) is 5.75 Å². The standard InChI is InChI=1S/C19H21NO3/c1-2-11-23-15-6-4-3-5-14(15)20-18(21)16-12-7-8-13(10-9-12)17(16)19(20)22/h3-8,12-13,16-17H,2,9-11H2,1H3/t12-,13-,16-,17+/m0/s1. The Balaban J connectivity index is 1.71. The number of allylic oxidation sites excluding steroid dienone is 2. The first-order valence-corrected chi connectivity index (χ1v) is 8.50. The second-order valence-electron chi connectivity index (χ2n) is 6.67. The summed E-state index contributed by atoms with van der Waals surface area (Å²) in [5.41, 5.74) is 0.602. The fourth-order valence-electron chi connectivity index (χ4n) is 4.29. The third-order valence-electron chi connectivity index (χ3n) is 5.33. The highest BCUT2D eigenvalue weighted by atomic mass is 16.5. The van der Waals surface area contributed by atoms with Crippen molar-refractivity contribution < 1.29 is 14.3 Å². The van der Waals surface area contributed by atoms with Crippen LogP contribution in [-0.2, 0) is 9.59 Å². The van der Waals surface area contributed by atoms with Gasteiger partial charge < -0.3 is 4.74 Å². The summed E-state index contributed by atoms with van der Waals surface area (Å²) < 4.78 is 5.76. The normalized spacial score (nSPS) is 31.6. The number of para-hydroxylation sites is 2. The Kier molecular flexibility index (Phi) is 3.47. The number of carbonyl (C=O) groups is 2. The van der Waals surface area contributed by atoms with Crippen LogP contribution in [0.2, 0.25) is 0 Å². The molecule has 0 aromatic heterocycles. The Morgan fingerprint density at radius 1 is 1.04 bits per heavy atom. The lowest BCUT2D eigenvalue weighted by atomic mass is 9.63. The van der Waals surface area contributed by atoms with Gasteiger partial charge in [-0.3, -0.25) is 9.59 Å². The predicted octanol–water partition coefficient (Wildman–Crippen LogP) is 3.18. The summed E-state index contributed by atoms with van der Waals surface area (Å²) in [6, 6.07) is 7.37. The lowest BCUT2D eigenvalue weighted by Gasteiger charge is -2.38. The number of rotatable bonds is 4. The van der Waals surface area contributed by atoms with E-state index in [1.54, 1.807) is 0 Å². The predicted molar refractivity (Wildman–Crippen MR) is 87.1 cm³/mol. The van der Waals surface area contributed by atoms with E-state index in [2.05, 4.69) is 12.2 Å². The zero-order chi connectivity index (χ0) is 16.0. The molecule has 2 amide bonds. The zero-order valence-electron chi connectivity index (χ0n) is 13.3. The molecule has 1 aromatic rings. The summed E-state index contributed by atoms with van der Waals surface area (Å²) in [4.78, 5) is 27.4. The number of nitrogens with zero attached hydrogens (tertiary/aromatic N) is 1. The quantitative estimate of drug-likeness (QED) is 0.634. The average Bonchev–Trinajstić information content (AvgIpc) is 2.88. The van der Waals surface area contributed by atoms with Crippen molar-refractivity contribution in [2.75, 3.05) is 11.5 Å². The van der Waals surface area contributed by atoms with Crippen LogP contribution in [0.3, 0.4) is 0 Å². The monoisotopic (exact) mass is 311 g/mol. The molecular formula is C19H21NO3. The van der Waals surface area contributed by atoms with E-state index in [1.165, 1.54) is 4.90 Å². The minimum Gasteiger partial charge on any atom is -0.491 e. The van der Waals surface area contributed by atoms with E-state index >= 15 is 0 Å². The average molecular weight is 311 g/mol. The minimum absolute atomic E-state index is 0.0494. The number of carbonyl (C=O) groups excluding carboxylic acids is 2. The van der Waals surface area contributed by atoms with Gasteiger partial charge in [0.05, 0.1) is 24.1 Å². The summed E-state index contributed by atoms with van der Waals surface area (Å²) in [6.45, 7) is 2.61. The van der Waals surface area contributed by atoms with E-state index in [0.29, 0.717) is 18.0 Å². The number of imide groups is 1.